The van der Waals surface area contributed by atoms with Crippen LogP contribution in [0.2, 0.25) is 5.02 Å². The third-order valence-corrected chi connectivity index (χ3v) is 3.68. The van der Waals surface area contributed by atoms with Crippen LogP contribution in [0.1, 0.15) is 31.7 Å². The lowest BCUT2D eigenvalue weighted by Crippen LogP contribution is -2.34. The maximum absolute atomic E-state index is 11.7. The molecule has 0 aliphatic heterocycles. The van der Waals surface area contributed by atoms with Crippen LogP contribution < -0.4 is 5.32 Å². The molecule has 0 unspecified atom stereocenters. The quantitative estimate of drug-likeness (QED) is 0.875. The third-order valence-electron chi connectivity index (χ3n) is 3.32. The van der Waals surface area contributed by atoms with Gasteiger partial charge in [0.05, 0.1) is 0 Å². The van der Waals surface area contributed by atoms with E-state index in [1.807, 2.05) is 18.2 Å². The van der Waals surface area contributed by atoms with Gasteiger partial charge in [-0.05, 0) is 24.5 Å². The smallest absolute Gasteiger partial charge is 0.221 e. The van der Waals surface area contributed by atoms with Gasteiger partial charge in [-0.2, -0.15) is 0 Å². The Labute approximate surface area is 124 Å². The summed E-state index contributed by atoms with van der Waals surface area (Å²) in [5.74, 6) is -0.0398. The highest BCUT2D eigenvalue weighted by atomic mass is 35.5. The Bertz CT molecular complexity index is 500. The topological polar surface area (TPSA) is 49.4 Å². The number of nitrogens with zero attached hydrogens (tertiary/aromatic N) is 1. The first-order chi connectivity index (χ1) is 9.56. The monoisotopic (exact) mass is 294 g/mol. The molecule has 4 nitrogen and oxygen atoms in total. The Kier molecular flexibility index (Phi) is 5.01. The molecule has 1 aliphatic rings. The molecule has 0 radical (unpaired) electrons. The second-order valence-corrected chi connectivity index (χ2v) is 5.53. The Morgan fingerprint density at radius 3 is 2.65 bits per heavy atom. The van der Waals surface area contributed by atoms with E-state index in [-0.39, 0.29) is 11.8 Å². The first-order valence-corrected chi connectivity index (χ1v) is 7.22. The van der Waals surface area contributed by atoms with Crippen molar-refractivity contribution in [3.8, 4) is 0 Å². The molecule has 20 heavy (non-hydrogen) atoms. The Morgan fingerprint density at radius 1 is 1.35 bits per heavy atom. The molecule has 1 N–H and O–H groups in total. The number of benzene rings is 1. The minimum Gasteiger partial charge on any atom is -0.353 e. The van der Waals surface area contributed by atoms with Gasteiger partial charge in [-0.25, -0.2) is 0 Å². The molecule has 108 valence electrons. The molecule has 2 rings (SSSR count). The van der Waals surface area contributed by atoms with E-state index in [4.69, 9.17) is 11.6 Å². The van der Waals surface area contributed by atoms with Crippen molar-refractivity contribution in [2.24, 2.45) is 0 Å². The molecule has 0 heterocycles. The molecular formula is C15H19ClN2O2. The van der Waals surface area contributed by atoms with Crippen LogP contribution in [0.4, 0.5) is 0 Å². The van der Waals surface area contributed by atoms with E-state index in [1.165, 1.54) is 6.92 Å². The maximum atomic E-state index is 11.7. The first kappa shape index (κ1) is 14.9. The van der Waals surface area contributed by atoms with Crippen LogP contribution in [0.25, 0.3) is 0 Å². The standard InChI is InChI=1S/C15H19ClN2O2/c1-11(19)18(9-8-15(20)17-13-6-7-13)10-12-4-2-3-5-14(12)16/h2-5,13H,6-10H2,1H3,(H,17,20). The highest BCUT2D eigenvalue weighted by Gasteiger charge is 2.23. The van der Waals surface area contributed by atoms with Crippen molar-refractivity contribution in [3.05, 3.63) is 34.9 Å². The number of carbonyl (C=O) groups is 2. The number of hydrogen-bond acceptors (Lipinski definition) is 2. The lowest BCUT2D eigenvalue weighted by molar-refractivity contribution is -0.130. The van der Waals surface area contributed by atoms with E-state index >= 15 is 0 Å². The SMILES string of the molecule is CC(=O)N(CCC(=O)NC1CC1)Cc1ccccc1Cl. The second-order valence-electron chi connectivity index (χ2n) is 5.12. The van der Waals surface area contributed by atoms with Crippen LogP contribution in [0.3, 0.4) is 0 Å². The summed E-state index contributed by atoms with van der Waals surface area (Å²) in [6.45, 7) is 2.36. The number of carbonyl (C=O) groups excluding carboxylic acids is 2. The zero-order chi connectivity index (χ0) is 14.5. The molecule has 5 heteroatoms. The summed E-state index contributed by atoms with van der Waals surface area (Å²) in [6, 6.07) is 7.79. The average Bonchev–Trinajstić information content (AvgIpc) is 3.20. The van der Waals surface area contributed by atoms with Gasteiger partial charge in [0.15, 0.2) is 0 Å². The molecule has 1 aromatic carbocycles. The fourth-order valence-electron chi connectivity index (χ4n) is 1.94. The second kappa shape index (κ2) is 6.75. The van der Waals surface area contributed by atoms with Gasteiger partial charge in [0, 0.05) is 37.5 Å². The zero-order valence-corrected chi connectivity index (χ0v) is 12.3. The molecule has 1 saturated carbocycles. The summed E-state index contributed by atoms with van der Waals surface area (Å²) >= 11 is 6.10. The largest absolute Gasteiger partial charge is 0.353 e. The predicted molar refractivity (Wildman–Crippen MR) is 78.3 cm³/mol. The lowest BCUT2D eigenvalue weighted by Gasteiger charge is -2.21. The lowest BCUT2D eigenvalue weighted by atomic mass is 10.2. The maximum Gasteiger partial charge on any atom is 0.221 e. The van der Waals surface area contributed by atoms with E-state index in [1.54, 1.807) is 11.0 Å². The van der Waals surface area contributed by atoms with Gasteiger partial charge in [0.2, 0.25) is 11.8 Å². The Hall–Kier alpha value is -1.55. The molecule has 2 amide bonds. The predicted octanol–water partition coefficient (Wildman–Crippen LogP) is 2.36. The van der Waals surface area contributed by atoms with Crippen molar-refractivity contribution < 1.29 is 9.59 Å². The number of rotatable bonds is 6. The third kappa shape index (κ3) is 4.53. The van der Waals surface area contributed by atoms with Crippen molar-refractivity contribution in [1.29, 1.82) is 0 Å². The van der Waals surface area contributed by atoms with Gasteiger partial charge in [0.25, 0.3) is 0 Å². The van der Waals surface area contributed by atoms with Crippen LogP contribution in [-0.4, -0.2) is 29.3 Å². The van der Waals surface area contributed by atoms with Crippen LogP contribution in [0.5, 0.6) is 0 Å². The van der Waals surface area contributed by atoms with E-state index in [2.05, 4.69) is 5.32 Å². The number of amides is 2. The molecular weight excluding hydrogens is 276 g/mol. The molecule has 0 aromatic heterocycles. The molecule has 0 atom stereocenters. The molecule has 1 aliphatic carbocycles. The Morgan fingerprint density at radius 2 is 2.05 bits per heavy atom. The minimum atomic E-state index is -0.0517. The Balaban J connectivity index is 1.88. The van der Waals surface area contributed by atoms with Gasteiger partial charge < -0.3 is 10.2 Å². The summed E-state index contributed by atoms with van der Waals surface area (Å²) < 4.78 is 0. The molecule has 0 saturated heterocycles. The van der Waals surface area contributed by atoms with Crippen molar-refractivity contribution in [2.45, 2.75) is 38.8 Å². The van der Waals surface area contributed by atoms with Crippen molar-refractivity contribution >= 4 is 23.4 Å². The summed E-state index contributed by atoms with van der Waals surface area (Å²) in [6.07, 6.45) is 2.48. The summed E-state index contributed by atoms with van der Waals surface area (Å²) in [7, 11) is 0. The van der Waals surface area contributed by atoms with E-state index in [0.29, 0.717) is 30.6 Å². The summed E-state index contributed by atoms with van der Waals surface area (Å²) in [4.78, 5) is 25.0. The average molecular weight is 295 g/mol. The van der Waals surface area contributed by atoms with E-state index in [9.17, 15) is 9.59 Å². The van der Waals surface area contributed by atoms with E-state index in [0.717, 1.165) is 18.4 Å². The number of hydrogen-bond donors (Lipinski definition) is 1. The van der Waals surface area contributed by atoms with Crippen molar-refractivity contribution in [1.82, 2.24) is 10.2 Å². The van der Waals surface area contributed by atoms with Gasteiger partial charge in [0.1, 0.15) is 0 Å². The minimum absolute atomic E-state index is 0.0120. The van der Waals surface area contributed by atoms with Gasteiger partial charge in [-0.1, -0.05) is 29.8 Å². The number of nitrogens with one attached hydrogen (secondary N) is 1. The highest BCUT2D eigenvalue weighted by Crippen LogP contribution is 2.19. The van der Waals surface area contributed by atoms with Crippen LogP contribution in [0, 0.1) is 0 Å². The van der Waals surface area contributed by atoms with Crippen molar-refractivity contribution in [2.75, 3.05) is 6.54 Å². The normalized spacial score (nSPS) is 13.9. The van der Waals surface area contributed by atoms with Crippen LogP contribution >= 0.6 is 11.6 Å². The zero-order valence-electron chi connectivity index (χ0n) is 11.6. The molecule has 0 bridgehead atoms. The molecule has 1 fully saturated rings. The van der Waals surface area contributed by atoms with Crippen LogP contribution in [0.15, 0.2) is 24.3 Å². The molecule has 1 aromatic rings. The van der Waals surface area contributed by atoms with Crippen LogP contribution in [-0.2, 0) is 16.1 Å². The van der Waals surface area contributed by atoms with E-state index < -0.39 is 0 Å². The van der Waals surface area contributed by atoms with Gasteiger partial charge in [-0.3, -0.25) is 9.59 Å². The number of halogens is 1. The van der Waals surface area contributed by atoms with Crippen molar-refractivity contribution in [3.63, 3.8) is 0 Å². The van der Waals surface area contributed by atoms with Gasteiger partial charge >= 0.3 is 0 Å². The summed E-state index contributed by atoms with van der Waals surface area (Å²) in [5, 5.41) is 3.56. The molecule has 0 spiro atoms. The summed E-state index contributed by atoms with van der Waals surface area (Å²) in [5.41, 5.74) is 0.895. The fraction of sp³-hybridized carbons (Fsp3) is 0.467. The first-order valence-electron chi connectivity index (χ1n) is 6.84. The highest BCUT2D eigenvalue weighted by molar-refractivity contribution is 6.31. The van der Waals surface area contributed by atoms with Gasteiger partial charge in [-0.15, -0.1) is 0 Å². The fourth-order valence-corrected chi connectivity index (χ4v) is 2.14.